The van der Waals surface area contributed by atoms with Crippen molar-refractivity contribution in [1.82, 2.24) is 29.5 Å². The monoisotopic (exact) mass is 1020 g/mol. The fourth-order valence-electron chi connectivity index (χ4n) is 8.42. The number of fused-ring (bicyclic) bond motifs is 4. The van der Waals surface area contributed by atoms with Gasteiger partial charge < -0.3 is 14.0 Å². The second-order valence-electron chi connectivity index (χ2n) is 16.4. The maximum Gasteiger partial charge on any atom is 0.144 e. The first kappa shape index (κ1) is 42.9. The molecule has 4 aromatic heterocycles. The Labute approximate surface area is 392 Å². The summed E-state index contributed by atoms with van der Waals surface area (Å²) in [6.45, 7) is 9.14. The molecule has 0 atom stereocenters. The van der Waals surface area contributed by atoms with Gasteiger partial charge in [0.2, 0.25) is 0 Å². The number of aromatic nitrogens is 6. The van der Waals surface area contributed by atoms with E-state index in [1.54, 1.807) is 6.20 Å². The van der Waals surface area contributed by atoms with Crippen molar-refractivity contribution in [2.24, 2.45) is 0 Å². The molecule has 11 rings (SSSR count). The molecule has 8 heteroatoms. The van der Waals surface area contributed by atoms with Gasteiger partial charge in [-0.3, -0.25) is 4.98 Å². The average molecular weight is 1020 g/mol. The van der Waals surface area contributed by atoms with Gasteiger partial charge in [0.25, 0.3) is 0 Å². The molecule has 65 heavy (non-hydrogen) atoms. The first-order valence-electron chi connectivity index (χ1n) is 21.6. The quantitative estimate of drug-likeness (QED) is 0.141. The number of rotatable bonds is 8. The summed E-state index contributed by atoms with van der Waals surface area (Å²) in [5.74, 6) is 2.06. The van der Waals surface area contributed by atoms with Gasteiger partial charge in [0.15, 0.2) is 0 Å². The van der Waals surface area contributed by atoms with Crippen molar-refractivity contribution in [1.29, 1.82) is 0 Å². The fraction of sp³-hybridized carbons (Fsp3) is 0.105. The molecule has 7 aromatic carbocycles. The van der Waals surface area contributed by atoms with E-state index in [4.69, 9.17) is 9.40 Å². The minimum absolute atomic E-state index is 0. The Morgan fingerprint density at radius 1 is 0.554 bits per heavy atom. The second-order valence-corrected chi connectivity index (χ2v) is 16.4. The maximum absolute atomic E-state index is 6.73. The Balaban J connectivity index is 0.000000235. The van der Waals surface area contributed by atoms with Crippen LogP contribution in [0.15, 0.2) is 187 Å². The number of hydrogen-bond donors (Lipinski definition) is 0. The molecule has 1 radical (unpaired) electrons. The van der Waals surface area contributed by atoms with Gasteiger partial charge in [-0.15, -0.1) is 48.0 Å². The predicted octanol–water partition coefficient (Wildman–Crippen LogP) is 14.4. The van der Waals surface area contributed by atoms with E-state index in [1.807, 2.05) is 48.5 Å². The van der Waals surface area contributed by atoms with Crippen molar-refractivity contribution in [3.05, 3.63) is 206 Å². The molecule has 0 saturated carbocycles. The third kappa shape index (κ3) is 8.54. The van der Waals surface area contributed by atoms with Crippen LogP contribution >= 0.6 is 0 Å². The van der Waals surface area contributed by atoms with Crippen LogP contribution in [0.5, 0.6) is 0 Å². The van der Waals surface area contributed by atoms with Gasteiger partial charge in [0, 0.05) is 37.4 Å². The minimum atomic E-state index is 0. The van der Waals surface area contributed by atoms with Crippen LogP contribution in [0.3, 0.4) is 0 Å². The van der Waals surface area contributed by atoms with Crippen LogP contribution in [-0.2, 0) is 20.1 Å². The topological polar surface area (TPSA) is 82.5 Å². The summed E-state index contributed by atoms with van der Waals surface area (Å²) in [7, 11) is 0. The largest absolute Gasteiger partial charge is 0.501 e. The van der Waals surface area contributed by atoms with E-state index in [0.29, 0.717) is 5.82 Å². The first-order chi connectivity index (χ1) is 31.4. The summed E-state index contributed by atoms with van der Waals surface area (Å²) in [5.41, 5.74) is 15.8. The summed E-state index contributed by atoms with van der Waals surface area (Å²) >= 11 is 0. The Morgan fingerprint density at radius 3 is 1.91 bits per heavy atom. The molecule has 0 aliphatic carbocycles. The number of hydrogen-bond acceptors (Lipinski definition) is 6. The number of imidazole rings is 1. The Bertz CT molecular complexity index is 3300. The van der Waals surface area contributed by atoms with E-state index in [2.05, 4.69) is 180 Å². The molecule has 0 unspecified atom stereocenters. The van der Waals surface area contributed by atoms with E-state index < -0.39 is 0 Å². The van der Waals surface area contributed by atoms with Gasteiger partial charge in [-0.1, -0.05) is 141 Å². The summed E-state index contributed by atoms with van der Waals surface area (Å²) in [4.78, 5) is 21.7. The van der Waals surface area contributed by atoms with Crippen LogP contribution in [0.1, 0.15) is 50.7 Å². The molecular weight excluding hydrogens is 977 g/mol. The van der Waals surface area contributed by atoms with Gasteiger partial charge in [0.05, 0.1) is 22.4 Å². The summed E-state index contributed by atoms with van der Waals surface area (Å²) < 4.78 is 9.10. The smallest absolute Gasteiger partial charge is 0.144 e. The standard InChI is InChI=1S/C43H35N2O.C14H9N4.Ir/c1-27(2)36-24-32(30-16-9-6-10-17-30)25-37(28(3)4)41(36)45-39-21-12-11-20-38(39)44-43(45)35-19-13-18-34-33-23-22-31(26-40(33)46-42(34)35)29-14-7-5-8-15-29;1-2-7-16-13(6-1)11-4-3-5-12(8-11)14-17-9-15-10-18-14;/h5-18,20-28H,1-4H3;1-3,5-10H;/q2*-1;. The normalized spacial score (nSPS) is 11.2. The maximum atomic E-state index is 6.73. The number of pyridine rings is 1. The molecule has 0 N–H and O–H groups in total. The molecule has 7 nitrogen and oxygen atoms in total. The van der Waals surface area contributed by atoms with Crippen LogP contribution in [0.4, 0.5) is 0 Å². The Kier molecular flexibility index (Phi) is 12.4. The first-order valence-corrected chi connectivity index (χ1v) is 21.6. The number of nitrogens with zero attached hydrogens (tertiary/aromatic N) is 6. The Morgan fingerprint density at radius 2 is 1.22 bits per heavy atom. The van der Waals surface area contributed by atoms with Gasteiger partial charge >= 0.3 is 0 Å². The SMILES string of the molecule is CC(C)c1cc(-c2ccccc2)cc(C(C)C)c1-n1c(-c2[c-]ccc3c2oc2cc(-c4ccccc4)ccc23)nc2ccccc21.[Ir].[c-]1ccc(-c2ncncn2)cc1-c1ccccn1. The molecule has 0 aliphatic heterocycles. The zero-order valence-corrected chi connectivity index (χ0v) is 38.8. The average Bonchev–Trinajstić information content (AvgIpc) is 3.93. The Hall–Kier alpha value is -7.38. The minimum Gasteiger partial charge on any atom is -0.501 e. The van der Waals surface area contributed by atoms with Crippen molar-refractivity contribution >= 4 is 33.0 Å². The van der Waals surface area contributed by atoms with Crippen LogP contribution < -0.4 is 0 Å². The third-order valence-corrected chi connectivity index (χ3v) is 11.6. The van der Waals surface area contributed by atoms with Crippen molar-refractivity contribution in [2.75, 3.05) is 0 Å². The van der Waals surface area contributed by atoms with E-state index in [1.165, 1.54) is 46.2 Å². The number of benzene rings is 7. The summed E-state index contributed by atoms with van der Waals surface area (Å²) in [6, 6.07) is 63.2. The van der Waals surface area contributed by atoms with Gasteiger partial charge in [0.1, 0.15) is 24.1 Å². The molecule has 0 fully saturated rings. The summed E-state index contributed by atoms with van der Waals surface area (Å²) in [6.07, 6.45) is 4.73. The van der Waals surface area contributed by atoms with E-state index >= 15 is 0 Å². The van der Waals surface area contributed by atoms with E-state index in [9.17, 15) is 0 Å². The van der Waals surface area contributed by atoms with Gasteiger partial charge in [-0.25, -0.2) is 15.0 Å². The molecule has 0 aliphatic rings. The molecule has 11 aromatic rings. The zero-order valence-electron chi connectivity index (χ0n) is 36.4. The van der Waals surface area contributed by atoms with Crippen LogP contribution in [0.25, 0.3) is 94.9 Å². The van der Waals surface area contributed by atoms with E-state index in [-0.39, 0.29) is 31.9 Å². The van der Waals surface area contributed by atoms with Crippen LogP contribution in [0.2, 0.25) is 0 Å². The molecule has 4 heterocycles. The van der Waals surface area contributed by atoms with E-state index in [0.717, 1.165) is 66.7 Å². The van der Waals surface area contributed by atoms with Crippen LogP contribution in [-0.4, -0.2) is 29.5 Å². The molecule has 0 amide bonds. The van der Waals surface area contributed by atoms with Gasteiger partial charge in [-0.2, -0.15) is 0 Å². The van der Waals surface area contributed by atoms with Crippen molar-refractivity contribution in [3.8, 4) is 62.0 Å². The summed E-state index contributed by atoms with van der Waals surface area (Å²) in [5, 5.41) is 2.15. The molecule has 0 saturated heterocycles. The van der Waals surface area contributed by atoms with Gasteiger partial charge in [-0.05, 0) is 87.3 Å². The van der Waals surface area contributed by atoms with Crippen molar-refractivity contribution in [3.63, 3.8) is 0 Å². The molecule has 0 spiro atoms. The van der Waals surface area contributed by atoms with Crippen molar-refractivity contribution < 1.29 is 24.5 Å². The number of furan rings is 1. The van der Waals surface area contributed by atoms with Crippen molar-refractivity contribution in [2.45, 2.75) is 39.5 Å². The zero-order chi connectivity index (χ0) is 43.6. The number of para-hydroxylation sites is 2. The molecule has 319 valence electrons. The predicted molar refractivity (Wildman–Crippen MR) is 259 cm³/mol. The molecule has 0 bridgehead atoms. The third-order valence-electron chi connectivity index (χ3n) is 11.6. The van der Waals surface area contributed by atoms with Crippen LogP contribution in [0, 0.1) is 12.1 Å². The molecular formula is C57H44IrN6O-2. The fourth-order valence-corrected chi connectivity index (χ4v) is 8.42. The second kappa shape index (κ2) is 18.8.